The molecule has 118 valence electrons. The van der Waals surface area contributed by atoms with Crippen molar-refractivity contribution in [2.75, 3.05) is 5.32 Å². The van der Waals surface area contributed by atoms with Crippen molar-refractivity contribution in [3.63, 3.8) is 0 Å². The summed E-state index contributed by atoms with van der Waals surface area (Å²) in [6, 6.07) is 14.6. The molecule has 0 aliphatic rings. The monoisotopic (exact) mass is 326 g/mol. The van der Waals surface area contributed by atoms with Crippen molar-refractivity contribution in [1.29, 1.82) is 0 Å². The van der Waals surface area contributed by atoms with E-state index in [9.17, 15) is 9.59 Å². The van der Waals surface area contributed by atoms with Gasteiger partial charge < -0.3 is 5.32 Å². The van der Waals surface area contributed by atoms with Crippen molar-refractivity contribution < 1.29 is 4.79 Å². The van der Waals surface area contributed by atoms with Crippen LogP contribution < -0.4 is 10.9 Å². The van der Waals surface area contributed by atoms with Gasteiger partial charge in [-0.25, -0.2) is 0 Å². The number of aromatic nitrogens is 1. The number of anilines is 1. The molecule has 3 aromatic rings. The SMILES string of the molecule is CCc1ccccc1NC(=O)C(C)n1sc2ccccc2c1=O. The minimum atomic E-state index is -0.551. The zero-order valence-electron chi connectivity index (χ0n) is 13.1. The zero-order valence-corrected chi connectivity index (χ0v) is 13.9. The van der Waals surface area contributed by atoms with E-state index in [1.807, 2.05) is 49.4 Å². The predicted molar refractivity (Wildman–Crippen MR) is 95.2 cm³/mol. The third-order valence-electron chi connectivity index (χ3n) is 3.90. The third-order valence-corrected chi connectivity index (χ3v) is 5.13. The molecule has 1 aromatic heterocycles. The lowest BCUT2D eigenvalue weighted by atomic mass is 10.1. The quantitative estimate of drug-likeness (QED) is 0.792. The van der Waals surface area contributed by atoms with Gasteiger partial charge in [-0.05, 0) is 37.1 Å². The molecule has 0 saturated heterocycles. The Balaban J connectivity index is 1.89. The number of carbonyl (C=O) groups is 1. The van der Waals surface area contributed by atoms with Crippen molar-refractivity contribution >= 4 is 33.2 Å². The fourth-order valence-electron chi connectivity index (χ4n) is 2.54. The lowest BCUT2D eigenvalue weighted by molar-refractivity contribution is -0.118. The molecular formula is C18H18N2O2S. The number of nitrogens with one attached hydrogen (secondary N) is 1. The molecule has 1 N–H and O–H groups in total. The topological polar surface area (TPSA) is 51.1 Å². The van der Waals surface area contributed by atoms with Crippen LogP contribution >= 0.6 is 11.5 Å². The number of para-hydroxylation sites is 1. The molecule has 23 heavy (non-hydrogen) atoms. The Morgan fingerprint density at radius 2 is 1.87 bits per heavy atom. The molecule has 0 aliphatic heterocycles. The zero-order chi connectivity index (χ0) is 16.4. The standard InChI is InChI=1S/C18H18N2O2S/c1-3-13-8-4-6-10-15(13)19-17(21)12(2)20-18(22)14-9-5-7-11-16(14)23-20/h4-12H,3H2,1-2H3,(H,19,21). The van der Waals surface area contributed by atoms with Crippen LogP contribution in [-0.4, -0.2) is 9.86 Å². The summed E-state index contributed by atoms with van der Waals surface area (Å²) in [5.41, 5.74) is 1.77. The number of amides is 1. The average molecular weight is 326 g/mol. The van der Waals surface area contributed by atoms with Gasteiger partial charge in [-0.15, -0.1) is 0 Å². The molecule has 1 unspecified atom stereocenters. The first-order chi connectivity index (χ1) is 11.1. The van der Waals surface area contributed by atoms with Gasteiger partial charge in [-0.3, -0.25) is 13.5 Å². The Kier molecular flexibility index (Phi) is 4.30. The second-order valence-electron chi connectivity index (χ2n) is 5.39. The van der Waals surface area contributed by atoms with Crippen LogP contribution in [0, 0.1) is 0 Å². The fourth-order valence-corrected chi connectivity index (χ4v) is 3.58. The van der Waals surface area contributed by atoms with Gasteiger partial charge in [-0.2, -0.15) is 0 Å². The Morgan fingerprint density at radius 1 is 1.17 bits per heavy atom. The molecule has 0 fully saturated rings. The van der Waals surface area contributed by atoms with Crippen LogP contribution in [0.4, 0.5) is 5.69 Å². The van der Waals surface area contributed by atoms with Gasteiger partial charge in [0.2, 0.25) is 5.91 Å². The average Bonchev–Trinajstić information content (AvgIpc) is 2.92. The number of aryl methyl sites for hydroxylation is 1. The van der Waals surface area contributed by atoms with E-state index in [0.717, 1.165) is 22.4 Å². The van der Waals surface area contributed by atoms with Gasteiger partial charge in [0.1, 0.15) is 6.04 Å². The van der Waals surface area contributed by atoms with Crippen molar-refractivity contribution in [3.05, 3.63) is 64.4 Å². The van der Waals surface area contributed by atoms with Gasteiger partial charge >= 0.3 is 0 Å². The van der Waals surface area contributed by atoms with Crippen molar-refractivity contribution in [1.82, 2.24) is 3.96 Å². The summed E-state index contributed by atoms with van der Waals surface area (Å²) >= 11 is 1.32. The minimum Gasteiger partial charge on any atom is -0.324 e. The fraction of sp³-hybridized carbons (Fsp3) is 0.222. The number of benzene rings is 2. The lowest BCUT2D eigenvalue weighted by Gasteiger charge is -2.14. The number of carbonyl (C=O) groups excluding carboxylic acids is 1. The highest BCUT2D eigenvalue weighted by Crippen LogP contribution is 2.21. The molecule has 0 aliphatic carbocycles. The highest BCUT2D eigenvalue weighted by molar-refractivity contribution is 7.14. The second kappa shape index (κ2) is 6.38. The molecule has 1 heterocycles. The first-order valence-corrected chi connectivity index (χ1v) is 8.38. The van der Waals surface area contributed by atoms with Crippen LogP contribution in [0.1, 0.15) is 25.5 Å². The summed E-state index contributed by atoms with van der Waals surface area (Å²) in [7, 11) is 0. The number of hydrogen-bond acceptors (Lipinski definition) is 3. The van der Waals surface area contributed by atoms with Crippen LogP contribution in [-0.2, 0) is 11.2 Å². The summed E-state index contributed by atoms with van der Waals surface area (Å²) in [6.07, 6.45) is 0.841. The first-order valence-electron chi connectivity index (χ1n) is 7.61. The Morgan fingerprint density at radius 3 is 2.61 bits per heavy atom. The van der Waals surface area contributed by atoms with Gasteiger partial charge in [-0.1, -0.05) is 48.8 Å². The Bertz CT molecular complexity index is 911. The summed E-state index contributed by atoms with van der Waals surface area (Å²) in [6.45, 7) is 3.80. The molecule has 0 spiro atoms. The molecule has 4 nitrogen and oxygen atoms in total. The van der Waals surface area contributed by atoms with Crippen molar-refractivity contribution in [3.8, 4) is 0 Å². The number of hydrogen-bond donors (Lipinski definition) is 1. The van der Waals surface area contributed by atoms with E-state index in [4.69, 9.17) is 0 Å². The van der Waals surface area contributed by atoms with Crippen LogP contribution in [0.25, 0.3) is 10.1 Å². The molecular weight excluding hydrogens is 308 g/mol. The van der Waals surface area contributed by atoms with Gasteiger partial charge in [0.05, 0.1) is 10.1 Å². The van der Waals surface area contributed by atoms with Crippen LogP contribution in [0.15, 0.2) is 53.3 Å². The second-order valence-corrected chi connectivity index (χ2v) is 6.41. The number of nitrogens with zero attached hydrogens (tertiary/aromatic N) is 1. The summed E-state index contributed by atoms with van der Waals surface area (Å²) in [4.78, 5) is 25.0. The van der Waals surface area contributed by atoms with Gasteiger partial charge in [0, 0.05) is 5.69 Å². The van der Waals surface area contributed by atoms with E-state index in [-0.39, 0.29) is 11.5 Å². The molecule has 0 radical (unpaired) electrons. The maximum atomic E-state index is 12.5. The Labute approximate surface area is 138 Å². The summed E-state index contributed by atoms with van der Waals surface area (Å²) in [5.74, 6) is -0.181. The molecule has 1 atom stereocenters. The molecule has 3 rings (SSSR count). The lowest BCUT2D eigenvalue weighted by Crippen LogP contribution is -2.28. The first kappa shape index (κ1) is 15.5. The molecule has 0 bridgehead atoms. The van der Waals surface area contributed by atoms with E-state index in [1.165, 1.54) is 15.5 Å². The largest absolute Gasteiger partial charge is 0.324 e. The Hall–Kier alpha value is -2.40. The van der Waals surface area contributed by atoms with E-state index >= 15 is 0 Å². The maximum Gasteiger partial charge on any atom is 0.269 e. The van der Waals surface area contributed by atoms with Crippen LogP contribution in [0.3, 0.4) is 0 Å². The molecule has 1 amide bonds. The molecule has 5 heteroatoms. The highest BCUT2D eigenvalue weighted by Gasteiger charge is 2.20. The molecule has 0 saturated carbocycles. The smallest absolute Gasteiger partial charge is 0.269 e. The predicted octanol–water partition coefficient (Wildman–Crippen LogP) is 3.83. The van der Waals surface area contributed by atoms with Crippen LogP contribution in [0.5, 0.6) is 0 Å². The number of fused-ring (bicyclic) bond motifs is 1. The number of rotatable bonds is 4. The summed E-state index contributed by atoms with van der Waals surface area (Å²) in [5, 5.41) is 3.60. The van der Waals surface area contributed by atoms with E-state index in [1.54, 1.807) is 13.0 Å². The summed E-state index contributed by atoms with van der Waals surface area (Å²) < 4.78 is 2.43. The van der Waals surface area contributed by atoms with Gasteiger partial charge in [0.15, 0.2) is 0 Å². The maximum absolute atomic E-state index is 12.5. The minimum absolute atomic E-state index is 0.114. The van der Waals surface area contributed by atoms with E-state index in [0.29, 0.717) is 5.39 Å². The molecule has 2 aromatic carbocycles. The van der Waals surface area contributed by atoms with Crippen molar-refractivity contribution in [2.24, 2.45) is 0 Å². The third kappa shape index (κ3) is 2.92. The van der Waals surface area contributed by atoms with Gasteiger partial charge in [0.25, 0.3) is 5.56 Å². The van der Waals surface area contributed by atoms with E-state index in [2.05, 4.69) is 5.32 Å². The normalized spacial score (nSPS) is 12.3. The van der Waals surface area contributed by atoms with E-state index < -0.39 is 6.04 Å². The van der Waals surface area contributed by atoms with Crippen molar-refractivity contribution in [2.45, 2.75) is 26.3 Å². The highest BCUT2D eigenvalue weighted by atomic mass is 32.1. The van der Waals surface area contributed by atoms with Crippen LogP contribution in [0.2, 0.25) is 0 Å².